The SMILES string of the molecule is CC(C)CO.O=[PH]([O-])O[PH](=O)[O-].[K+].[K+]. The van der Waals surface area contributed by atoms with Crippen molar-refractivity contribution in [3.8, 4) is 0 Å². The maximum Gasteiger partial charge on any atom is 1.00 e. The van der Waals surface area contributed by atoms with Crippen molar-refractivity contribution < 1.29 is 131 Å². The first-order valence-electron chi connectivity index (χ1n) is 3.10. The molecule has 0 saturated carbocycles. The molecule has 0 saturated heterocycles. The van der Waals surface area contributed by atoms with Gasteiger partial charge in [-0.2, -0.15) is 0 Å². The van der Waals surface area contributed by atoms with Crippen LogP contribution in [0.15, 0.2) is 0 Å². The summed E-state index contributed by atoms with van der Waals surface area (Å²) in [6, 6.07) is 0. The third kappa shape index (κ3) is 36.1. The van der Waals surface area contributed by atoms with E-state index in [9.17, 15) is 18.9 Å². The molecular formula is C4H12K2O6P2. The summed E-state index contributed by atoms with van der Waals surface area (Å²) in [6.45, 7) is 4.25. The Balaban J connectivity index is -0.0000000651. The molecule has 6 nitrogen and oxygen atoms in total. The van der Waals surface area contributed by atoms with Gasteiger partial charge in [0.2, 0.25) is 0 Å². The van der Waals surface area contributed by atoms with Crippen LogP contribution >= 0.6 is 16.5 Å². The minimum atomic E-state index is -3.51. The van der Waals surface area contributed by atoms with E-state index in [1.807, 2.05) is 13.8 Å². The minimum Gasteiger partial charge on any atom is -0.781 e. The van der Waals surface area contributed by atoms with Gasteiger partial charge in [0, 0.05) is 6.61 Å². The molecule has 0 aliphatic carbocycles. The molecule has 2 unspecified atom stereocenters. The zero-order valence-electron chi connectivity index (χ0n) is 8.77. The Morgan fingerprint density at radius 1 is 1.21 bits per heavy atom. The second-order valence-corrected chi connectivity index (χ2v) is 3.99. The predicted octanol–water partition coefficient (Wildman–Crippen LogP) is -6.85. The molecule has 76 valence electrons. The summed E-state index contributed by atoms with van der Waals surface area (Å²) in [7, 11) is -7.03. The molecule has 0 fully saturated rings. The maximum absolute atomic E-state index is 9.29. The van der Waals surface area contributed by atoms with Gasteiger partial charge in [0.1, 0.15) is 16.5 Å². The van der Waals surface area contributed by atoms with Gasteiger partial charge in [-0.3, -0.25) is 4.31 Å². The molecule has 0 aliphatic heterocycles. The summed E-state index contributed by atoms with van der Waals surface area (Å²) in [6.07, 6.45) is 0. The van der Waals surface area contributed by atoms with E-state index in [0.717, 1.165) is 0 Å². The first kappa shape index (κ1) is 26.2. The normalized spacial score (nSPS) is 12.7. The van der Waals surface area contributed by atoms with E-state index in [4.69, 9.17) is 5.11 Å². The van der Waals surface area contributed by atoms with Crippen molar-refractivity contribution in [1.82, 2.24) is 0 Å². The van der Waals surface area contributed by atoms with E-state index in [1.54, 1.807) is 0 Å². The van der Waals surface area contributed by atoms with E-state index in [-0.39, 0.29) is 103 Å². The fourth-order valence-corrected chi connectivity index (χ4v) is 0.612. The molecule has 0 rings (SSSR count). The van der Waals surface area contributed by atoms with Gasteiger partial charge < -0.3 is 24.0 Å². The molecular weight excluding hydrogens is 284 g/mol. The fraction of sp³-hybridized carbons (Fsp3) is 1.00. The van der Waals surface area contributed by atoms with Crippen molar-refractivity contribution >= 4 is 16.5 Å². The van der Waals surface area contributed by atoms with Crippen LogP contribution < -0.4 is 113 Å². The van der Waals surface area contributed by atoms with Crippen molar-refractivity contribution in [3.63, 3.8) is 0 Å². The van der Waals surface area contributed by atoms with Gasteiger partial charge in [-0.25, -0.2) is 0 Å². The van der Waals surface area contributed by atoms with Crippen molar-refractivity contribution in [2.24, 2.45) is 5.92 Å². The third-order valence-corrected chi connectivity index (χ3v) is 1.87. The Kier molecular flexibility index (Phi) is 35.4. The molecule has 0 aliphatic rings. The van der Waals surface area contributed by atoms with Crippen LogP contribution in [0.3, 0.4) is 0 Å². The molecule has 0 radical (unpaired) electrons. The zero-order chi connectivity index (χ0) is 10.1. The van der Waals surface area contributed by atoms with Crippen LogP contribution in [0.2, 0.25) is 0 Å². The molecule has 0 spiro atoms. The smallest absolute Gasteiger partial charge is 0.781 e. The molecule has 14 heavy (non-hydrogen) atoms. The van der Waals surface area contributed by atoms with Crippen molar-refractivity contribution in [1.29, 1.82) is 0 Å². The molecule has 0 aromatic heterocycles. The number of rotatable bonds is 3. The van der Waals surface area contributed by atoms with E-state index in [0.29, 0.717) is 12.5 Å². The molecule has 0 amide bonds. The topological polar surface area (TPSA) is 110 Å². The average Bonchev–Trinajstić information content (AvgIpc) is 1.85. The zero-order valence-corrected chi connectivity index (χ0v) is 17.0. The monoisotopic (exact) mass is 296 g/mol. The standard InChI is InChI=1S/C4H10O.2K.H4O5P2/c1-4(2)3-5;;;1-6(2)5-7(3)4/h4-5H,3H2,1-2H3;;;6-7H,(H,1,2)(H,3,4)/q;2*+1;/p-2. The quantitative estimate of drug-likeness (QED) is 0.409. The van der Waals surface area contributed by atoms with Crippen molar-refractivity contribution in [2.75, 3.05) is 6.61 Å². The Hall–Kier alpha value is 3.57. The fourth-order valence-electron chi connectivity index (χ4n) is 0.0680. The number of aliphatic hydroxyl groups is 1. The van der Waals surface area contributed by atoms with Crippen LogP contribution in [-0.2, 0) is 13.4 Å². The van der Waals surface area contributed by atoms with E-state index in [1.165, 1.54) is 0 Å². The second-order valence-electron chi connectivity index (χ2n) is 2.18. The predicted molar refractivity (Wildman–Crippen MR) is 41.0 cm³/mol. The number of aliphatic hydroxyl groups excluding tert-OH is 1. The van der Waals surface area contributed by atoms with E-state index < -0.39 is 16.5 Å². The largest absolute Gasteiger partial charge is 1.00 e. The molecule has 0 bridgehead atoms. The van der Waals surface area contributed by atoms with Gasteiger partial charge in [0.25, 0.3) is 0 Å². The third-order valence-electron chi connectivity index (χ3n) is 0.532. The minimum absolute atomic E-state index is 0. The van der Waals surface area contributed by atoms with Crippen molar-refractivity contribution in [3.05, 3.63) is 0 Å². The summed E-state index contributed by atoms with van der Waals surface area (Å²) in [4.78, 5) is 18.6. The summed E-state index contributed by atoms with van der Waals surface area (Å²) in [5, 5.41) is 8.14. The maximum atomic E-state index is 9.29. The van der Waals surface area contributed by atoms with Gasteiger partial charge in [-0.05, 0) is 5.92 Å². The first-order valence-corrected chi connectivity index (χ1v) is 5.55. The van der Waals surface area contributed by atoms with E-state index >= 15 is 0 Å². The number of hydrogen-bond acceptors (Lipinski definition) is 6. The Morgan fingerprint density at radius 3 is 1.43 bits per heavy atom. The first-order chi connectivity index (χ1) is 5.40. The van der Waals surface area contributed by atoms with E-state index in [2.05, 4.69) is 4.31 Å². The Morgan fingerprint density at radius 2 is 1.43 bits per heavy atom. The summed E-state index contributed by atoms with van der Waals surface area (Å²) < 4.78 is 21.8. The average molecular weight is 296 g/mol. The summed E-state index contributed by atoms with van der Waals surface area (Å²) in [5.74, 6) is 0.440. The van der Waals surface area contributed by atoms with Crippen molar-refractivity contribution in [2.45, 2.75) is 13.8 Å². The van der Waals surface area contributed by atoms with Gasteiger partial charge in [-0.1, -0.05) is 13.8 Å². The van der Waals surface area contributed by atoms with Crippen LogP contribution in [0.1, 0.15) is 13.8 Å². The van der Waals surface area contributed by atoms with Crippen LogP contribution in [-0.4, -0.2) is 11.7 Å². The van der Waals surface area contributed by atoms with Crippen LogP contribution in [0.4, 0.5) is 0 Å². The molecule has 0 aromatic carbocycles. The molecule has 10 heteroatoms. The van der Waals surface area contributed by atoms with Gasteiger partial charge in [0.05, 0.1) is 0 Å². The van der Waals surface area contributed by atoms with Crippen LogP contribution in [0.25, 0.3) is 0 Å². The van der Waals surface area contributed by atoms with Gasteiger partial charge in [0.15, 0.2) is 0 Å². The molecule has 0 aromatic rings. The Bertz CT molecular complexity index is 143. The van der Waals surface area contributed by atoms with Gasteiger partial charge in [-0.15, -0.1) is 0 Å². The van der Waals surface area contributed by atoms with Crippen LogP contribution in [0, 0.1) is 5.92 Å². The summed E-state index contributed by atoms with van der Waals surface area (Å²) >= 11 is 0. The molecule has 0 heterocycles. The summed E-state index contributed by atoms with van der Waals surface area (Å²) in [5.41, 5.74) is 0. The molecule has 1 N–H and O–H groups in total. The molecule has 2 atom stereocenters. The second kappa shape index (κ2) is 18.9. The number of hydrogen-bond donors (Lipinski definition) is 1. The van der Waals surface area contributed by atoms with Gasteiger partial charge >= 0.3 is 103 Å². The Labute approximate surface area is 170 Å². The van der Waals surface area contributed by atoms with Crippen LogP contribution in [0.5, 0.6) is 0 Å².